The van der Waals surface area contributed by atoms with Gasteiger partial charge in [-0.3, -0.25) is 20.4 Å². The van der Waals surface area contributed by atoms with Gasteiger partial charge in [0.1, 0.15) is 9.71 Å². The molecular weight excluding hydrogens is 416 g/mol. The van der Waals surface area contributed by atoms with Crippen LogP contribution in [0.25, 0.3) is 15.9 Å². The Morgan fingerprint density at radius 2 is 1.68 bits per heavy atom. The minimum Gasteiger partial charge on any atom is -0.451 e. The number of carbonyl (C=O) groups is 3. The number of nitrogens with one attached hydrogen (secondary N) is 2. The third kappa shape index (κ3) is 4.46. The molecule has 0 spiro atoms. The Bertz CT molecular complexity index is 1250. The lowest BCUT2D eigenvalue weighted by atomic mass is 10.2. The summed E-state index contributed by atoms with van der Waals surface area (Å²) in [5, 5.41) is 5.38. The Morgan fingerprint density at radius 3 is 2.39 bits per heavy atom. The van der Waals surface area contributed by atoms with Crippen LogP contribution in [0.15, 0.2) is 66.7 Å². The number of hydrogen-bond donors (Lipinski definition) is 2. The molecule has 2 amide bonds. The van der Waals surface area contributed by atoms with E-state index in [0.717, 1.165) is 21.6 Å². The van der Waals surface area contributed by atoms with E-state index in [4.69, 9.17) is 4.74 Å². The zero-order valence-electron chi connectivity index (χ0n) is 16.5. The third-order valence-electron chi connectivity index (χ3n) is 4.43. The molecule has 9 heteroatoms. The Balaban J connectivity index is 1.37. The molecule has 4 rings (SSSR count). The predicted molar refractivity (Wildman–Crippen MR) is 116 cm³/mol. The summed E-state index contributed by atoms with van der Waals surface area (Å²) in [4.78, 5) is 37.4. The van der Waals surface area contributed by atoms with E-state index in [0.29, 0.717) is 10.4 Å². The summed E-state index contributed by atoms with van der Waals surface area (Å²) < 4.78 is 6.87. The van der Waals surface area contributed by atoms with Crippen LogP contribution in [-0.2, 0) is 9.53 Å². The molecule has 0 unspecified atom stereocenters. The Labute approximate surface area is 181 Å². The molecule has 2 N–H and O–H groups in total. The van der Waals surface area contributed by atoms with Crippen molar-refractivity contribution in [1.29, 1.82) is 0 Å². The summed E-state index contributed by atoms with van der Waals surface area (Å²) in [7, 11) is 0. The summed E-state index contributed by atoms with van der Waals surface area (Å²) in [6, 6.07) is 19.7. The van der Waals surface area contributed by atoms with Gasteiger partial charge < -0.3 is 4.74 Å². The number of thiophene rings is 1. The van der Waals surface area contributed by atoms with Gasteiger partial charge in [0.05, 0.1) is 11.4 Å². The maximum absolute atomic E-state index is 12.4. The van der Waals surface area contributed by atoms with Crippen molar-refractivity contribution in [3.63, 3.8) is 0 Å². The van der Waals surface area contributed by atoms with Gasteiger partial charge in [0.15, 0.2) is 6.61 Å². The van der Waals surface area contributed by atoms with E-state index in [1.54, 1.807) is 41.1 Å². The average Bonchev–Trinajstić information content (AvgIpc) is 3.37. The van der Waals surface area contributed by atoms with E-state index in [-0.39, 0.29) is 0 Å². The first-order valence-electron chi connectivity index (χ1n) is 9.39. The van der Waals surface area contributed by atoms with Crippen LogP contribution in [0.5, 0.6) is 0 Å². The highest BCUT2D eigenvalue weighted by atomic mass is 32.1. The van der Waals surface area contributed by atoms with E-state index < -0.39 is 24.4 Å². The first-order valence-corrected chi connectivity index (χ1v) is 10.2. The van der Waals surface area contributed by atoms with Crippen LogP contribution in [0.1, 0.15) is 25.7 Å². The zero-order valence-corrected chi connectivity index (χ0v) is 17.3. The number of benzene rings is 2. The largest absolute Gasteiger partial charge is 0.451 e. The molecule has 2 aromatic carbocycles. The van der Waals surface area contributed by atoms with Crippen molar-refractivity contribution < 1.29 is 19.1 Å². The Morgan fingerprint density at radius 1 is 1.00 bits per heavy atom. The van der Waals surface area contributed by atoms with Crippen LogP contribution in [0.4, 0.5) is 0 Å². The highest BCUT2D eigenvalue weighted by Gasteiger charge is 2.19. The lowest BCUT2D eigenvalue weighted by Crippen LogP contribution is -2.43. The minimum absolute atomic E-state index is 0.362. The molecule has 0 atom stereocenters. The van der Waals surface area contributed by atoms with E-state index in [1.165, 1.54) is 11.3 Å². The summed E-state index contributed by atoms with van der Waals surface area (Å²) in [6.45, 7) is 1.35. The second-order valence-corrected chi connectivity index (χ2v) is 7.64. The number of amides is 2. The van der Waals surface area contributed by atoms with E-state index in [1.807, 2.05) is 37.3 Å². The number of aryl methyl sites for hydroxylation is 1. The fraction of sp³-hybridized carbons (Fsp3) is 0.0909. The van der Waals surface area contributed by atoms with Crippen LogP contribution in [0, 0.1) is 6.92 Å². The number of para-hydroxylation sites is 1. The predicted octanol–water partition coefficient (Wildman–Crippen LogP) is 3.01. The Kier molecular flexibility index (Phi) is 5.76. The highest BCUT2D eigenvalue weighted by molar-refractivity contribution is 7.20. The highest BCUT2D eigenvalue weighted by Crippen LogP contribution is 2.30. The number of aromatic nitrogens is 2. The first kappa shape index (κ1) is 20.3. The van der Waals surface area contributed by atoms with Crippen molar-refractivity contribution in [2.24, 2.45) is 0 Å². The number of carbonyl (C=O) groups excluding carboxylic acids is 3. The standard InChI is InChI=1S/C22H18N4O4S/c1-14-17-12-18(31-21(17)26(25-14)16-10-6-3-7-11-16)22(29)30-13-19(27)23-24-20(28)15-8-4-2-5-9-15/h2-12H,13H2,1H3,(H,23,27)(H,24,28). The molecule has 31 heavy (non-hydrogen) atoms. The molecule has 4 aromatic rings. The number of esters is 1. The van der Waals surface area contributed by atoms with Crippen molar-refractivity contribution in [1.82, 2.24) is 20.6 Å². The summed E-state index contributed by atoms with van der Waals surface area (Å²) >= 11 is 1.24. The molecule has 0 fully saturated rings. The van der Waals surface area contributed by atoms with Gasteiger partial charge in [-0.25, -0.2) is 9.48 Å². The second kappa shape index (κ2) is 8.80. The van der Waals surface area contributed by atoms with Gasteiger partial charge in [-0.1, -0.05) is 36.4 Å². The van der Waals surface area contributed by atoms with Gasteiger partial charge >= 0.3 is 5.97 Å². The van der Waals surface area contributed by atoms with E-state index in [9.17, 15) is 14.4 Å². The molecule has 0 saturated carbocycles. The smallest absolute Gasteiger partial charge is 0.348 e. The second-order valence-electron chi connectivity index (χ2n) is 6.61. The van der Waals surface area contributed by atoms with Crippen molar-refractivity contribution >= 4 is 39.3 Å². The monoisotopic (exact) mass is 434 g/mol. The third-order valence-corrected chi connectivity index (χ3v) is 5.52. The van der Waals surface area contributed by atoms with Gasteiger partial charge in [-0.15, -0.1) is 11.3 Å². The Hall–Kier alpha value is -3.98. The number of nitrogens with zero attached hydrogens (tertiary/aromatic N) is 2. The van der Waals surface area contributed by atoms with Gasteiger partial charge in [-0.2, -0.15) is 5.10 Å². The molecule has 0 aliphatic rings. The number of hydrazine groups is 1. The van der Waals surface area contributed by atoms with Gasteiger partial charge in [-0.05, 0) is 37.3 Å². The molecular formula is C22H18N4O4S. The molecule has 2 heterocycles. The fourth-order valence-corrected chi connectivity index (χ4v) is 4.00. The van der Waals surface area contributed by atoms with E-state index >= 15 is 0 Å². The van der Waals surface area contributed by atoms with Crippen molar-refractivity contribution in [2.45, 2.75) is 6.92 Å². The molecule has 0 aliphatic heterocycles. The van der Waals surface area contributed by atoms with Crippen molar-refractivity contribution in [2.75, 3.05) is 6.61 Å². The van der Waals surface area contributed by atoms with Crippen molar-refractivity contribution in [3.05, 3.63) is 82.9 Å². The normalized spacial score (nSPS) is 10.6. The summed E-state index contributed by atoms with van der Waals surface area (Å²) in [5.74, 6) is -1.74. The number of fused-ring (bicyclic) bond motifs is 1. The maximum Gasteiger partial charge on any atom is 0.348 e. The lowest BCUT2D eigenvalue weighted by molar-refractivity contribution is -0.125. The topological polar surface area (TPSA) is 102 Å². The lowest BCUT2D eigenvalue weighted by Gasteiger charge is -2.07. The SMILES string of the molecule is Cc1nn(-c2ccccc2)c2sc(C(=O)OCC(=O)NNC(=O)c3ccccc3)cc12. The molecule has 156 valence electrons. The van der Waals surface area contributed by atoms with Crippen LogP contribution in [0.3, 0.4) is 0 Å². The quantitative estimate of drug-likeness (QED) is 0.371. The van der Waals surface area contributed by atoms with Gasteiger partial charge in [0.25, 0.3) is 11.8 Å². The zero-order chi connectivity index (χ0) is 21.8. The molecule has 8 nitrogen and oxygen atoms in total. The van der Waals surface area contributed by atoms with Crippen LogP contribution in [0.2, 0.25) is 0 Å². The molecule has 2 aromatic heterocycles. The molecule has 0 saturated heterocycles. The van der Waals surface area contributed by atoms with E-state index in [2.05, 4.69) is 16.0 Å². The van der Waals surface area contributed by atoms with Gasteiger partial charge in [0.2, 0.25) is 0 Å². The molecule has 0 bridgehead atoms. The summed E-state index contributed by atoms with van der Waals surface area (Å²) in [5.41, 5.74) is 6.57. The number of hydrogen-bond acceptors (Lipinski definition) is 6. The van der Waals surface area contributed by atoms with Crippen LogP contribution < -0.4 is 10.9 Å². The first-order chi connectivity index (χ1) is 15.0. The van der Waals surface area contributed by atoms with Crippen LogP contribution in [-0.4, -0.2) is 34.2 Å². The van der Waals surface area contributed by atoms with Crippen LogP contribution >= 0.6 is 11.3 Å². The number of ether oxygens (including phenoxy) is 1. The minimum atomic E-state index is -0.648. The molecule has 0 radical (unpaired) electrons. The molecule has 0 aliphatic carbocycles. The number of rotatable bonds is 5. The fourth-order valence-electron chi connectivity index (χ4n) is 2.92. The average molecular weight is 434 g/mol. The van der Waals surface area contributed by atoms with Gasteiger partial charge in [0, 0.05) is 10.9 Å². The maximum atomic E-state index is 12.4. The summed E-state index contributed by atoms with van der Waals surface area (Å²) in [6.07, 6.45) is 0. The van der Waals surface area contributed by atoms with Crippen molar-refractivity contribution in [3.8, 4) is 5.69 Å².